The first kappa shape index (κ1) is 21.5. The number of rotatable bonds is 5. The molecule has 0 atom stereocenters. The number of methoxy groups -OCH3 is 1. The number of phenolic OH excluding ortho intramolecular Hbond substituents is 1. The zero-order valence-electron chi connectivity index (χ0n) is 17.5. The van der Waals surface area contributed by atoms with Crippen LogP contribution in [0.3, 0.4) is 0 Å². The molecular formula is C22H27N3O5S. The van der Waals surface area contributed by atoms with Crippen molar-refractivity contribution in [2.45, 2.75) is 17.7 Å². The molecule has 0 aromatic heterocycles. The molecule has 1 N–H and O–H groups in total. The molecule has 9 heteroatoms. The van der Waals surface area contributed by atoms with E-state index in [1.165, 1.54) is 17.5 Å². The van der Waals surface area contributed by atoms with Crippen molar-refractivity contribution in [1.82, 2.24) is 9.21 Å². The van der Waals surface area contributed by atoms with E-state index in [1.807, 2.05) is 17.0 Å². The van der Waals surface area contributed by atoms with Crippen LogP contribution in [0.5, 0.6) is 11.5 Å². The van der Waals surface area contributed by atoms with Gasteiger partial charge in [0.15, 0.2) is 0 Å². The van der Waals surface area contributed by atoms with Gasteiger partial charge in [-0.05, 0) is 43.2 Å². The van der Waals surface area contributed by atoms with Gasteiger partial charge in [-0.15, -0.1) is 0 Å². The molecule has 0 aliphatic carbocycles. The zero-order valence-corrected chi connectivity index (χ0v) is 18.3. The van der Waals surface area contributed by atoms with Crippen molar-refractivity contribution >= 4 is 21.6 Å². The lowest BCUT2D eigenvalue weighted by molar-refractivity contribution is 0.0746. The molecule has 2 aromatic rings. The van der Waals surface area contributed by atoms with Crippen LogP contribution in [0.15, 0.2) is 47.4 Å². The van der Waals surface area contributed by atoms with Gasteiger partial charge in [0.1, 0.15) is 16.4 Å². The molecule has 2 heterocycles. The number of sulfonamides is 1. The highest BCUT2D eigenvalue weighted by Crippen LogP contribution is 2.31. The topological polar surface area (TPSA) is 90.4 Å². The van der Waals surface area contributed by atoms with Crippen LogP contribution in [-0.2, 0) is 10.0 Å². The van der Waals surface area contributed by atoms with Crippen LogP contribution in [0.25, 0.3) is 0 Å². The molecule has 1 amide bonds. The summed E-state index contributed by atoms with van der Waals surface area (Å²) in [4.78, 5) is 16.9. The molecule has 2 fully saturated rings. The number of para-hydroxylation sites is 2. The summed E-state index contributed by atoms with van der Waals surface area (Å²) in [6.07, 6.45) is 1.67. The fraction of sp³-hybridized carbons (Fsp3) is 0.409. The zero-order chi connectivity index (χ0) is 22.0. The quantitative estimate of drug-likeness (QED) is 0.759. The van der Waals surface area contributed by atoms with Gasteiger partial charge in [-0.2, -0.15) is 4.31 Å². The lowest BCUT2D eigenvalue weighted by Gasteiger charge is -2.36. The minimum atomic E-state index is -3.72. The summed E-state index contributed by atoms with van der Waals surface area (Å²) in [5, 5.41) is 10.1. The number of amides is 1. The molecule has 0 radical (unpaired) electrons. The summed E-state index contributed by atoms with van der Waals surface area (Å²) < 4.78 is 32.9. The number of carbonyl (C=O) groups is 1. The second kappa shape index (κ2) is 8.76. The van der Waals surface area contributed by atoms with Crippen molar-refractivity contribution in [3.05, 3.63) is 48.0 Å². The predicted molar refractivity (Wildman–Crippen MR) is 117 cm³/mol. The Labute approximate surface area is 182 Å². The monoisotopic (exact) mass is 445 g/mol. The van der Waals surface area contributed by atoms with Crippen molar-refractivity contribution in [3.63, 3.8) is 0 Å². The third-order valence-electron chi connectivity index (χ3n) is 5.88. The third kappa shape index (κ3) is 4.20. The largest absolute Gasteiger partial charge is 0.506 e. The maximum atomic E-state index is 13.1. The first-order valence-corrected chi connectivity index (χ1v) is 11.9. The Bertz CT molecular complexity index is 1060. The van der Waals surface area contributed by atoms with Crippen LogP contribution < -0.4 is 9.64 Å². The van der Waals surface area contributed by atoms with Gasteiger partial charge in [-0.1, -0.05) is 12.1 Å². The molecule has 2 aliphatic heterocycles. The van der Waals surface area contributed by atoms with Crippen molar-refractivity contribution < 1.29 is 23.1 Å². The normalized spacial score (nSPS) is 17.7. The lowest BCUT2D eigenvalue weighted by atomic mass is 10.1. The van der Waals surface area contributed by atoms with E-state index in [4.69, 9.17) is 4.74 Å². The Morgan fingerprint density at radius 1 is 0.968 bits per heavy atom. The van der Waals surface area contributed by atoms with Gasteiger partial charge in [0, 0.05) is 44.8 Å². The predicted octanol–water partition coefficient (Wildman–Crippen LogP) is 2.15. The van der Waals surface area contributed by atoms with E-state index in [1.54, 1.807) is 29.2 Å². The summed E-state index contributed by atoms with van der Waals surface area (Å²) in [7, 11) is -2.29. The number of ether oxygens (including phenoxy) is 1. The minimum Gasteiger partial charge on any atom is -0.506 e. The smallest absolute Gasteiger partial charge is 0.254 e. The second-order valence-corrected chi connectivity index (χ2v) is 9.65. The Hall–Kier alpha value is -2.78. The van der Waals surface area contributed by atoms with Gasteiger partial charge in [-0.3, -0.25) is 4.79 Å². The molecule has 8 nitrogen and oxygen atoms in total. The van der Waals surface area contributed by atoms with Gasteiger partial charge >= 0.3 is 0 Å². The molecule has 2 aromatic carbocycles. The van der Waals surface area contributed by atoms with Gasteiger partial charge < -0.3 is 19.6 Å². The summed E-state index contributed by atoms with van der Waals surface area (Å²) >= 11 is 0. The van der Waals surface area contributed by atoms with E-state index in [-0.39, 0.29) is 22.3 Å². The first-order chi connectivity index (χ1) is 14.9. The molecule has 31 heavy (non-hydrogen) atoms. The van der Waals surface area contributed by atoms with Crippen LogP contribution in [0.1, 0.15) is 23.2 Å². The van der Waals surface area contributed by atoms with Crippen LogP contribution >= 0.6 is 0 Å². The number of anilines is 1. The van der Waals surface area contributed by atoms with Gasteiger partial charge in [0.05, 0.1) is 12.8 Å². The minimum absolute atomic E-state index is 0.0376. The summed E-state index contributed by atoms with van der Waals surface area (Å²) in [6, 6.07) is 11.7. The standard InChI is InChI=1S/C22H27N3O5S/c1-30-20-9-8-17(16-21(20)31(28,29)25-10-4-5-11-25)22(27)24-14-12-23(13-15-24)18-6-2-3-7-19(18)26/h2-3,6-9,16,26H,4-5,10-15H2,1H3. The maximum Gasteiger partial charge on any atom is 0.254 e. The maximum absolute atomic E-state index is 13.1. The average molecular weight is 446 g/mol. The van der Waals surface area contributed by atoms with Crippen LogP contribution in [0.4, 0.5) is 5.69 Å². The number of hydrogen-bond acceptors (Lipinski definition) is 6. The fourth-order valence-electron chi connectivity index (χ4n) is 4.14. The highest BCUT2D eigenvalue weighted by Gasteiger charge is 2.31. The highest BCUT2D eigenvalue weighted by atomic mass is 32.2. The molecule has 0 saturated carbocycles. The van der Waals surface area contributed by atoms with Gasteiger partial charge in [-0.25, -0.2) is 8.42 Å². The third-order valence-corrected chi connectivity index (χ3v) is 7.80. The molecule has 4 rings (SSSR count). The van der Waals surface area contributed by atoms with E-state index in [0.717, 1.165) is 18.5 Å². The SMILES string of the molecule is COc1ccc(C(=O)N2CCN(c3ccccc3O)CC2)cc1S(=O)(=O)N1CCCC1. The number of nitrogens with zero attached hydrogens (tertiary/aromatic N) is 3. The van der Waals surface area contributed by atoms with Gasteiger partial charge in [0.25, 0.3) is 5.91 Å². The first-order valence-electron chi connectivity index (χ1n) is 10.4. The van der Waals surface area contributed by atoms with Crippen molar-refractivity contribution in [2.24, 2.45) is 0 Å². The number of piperazine rings is 1. The average Bonchev–Trinajstić information content (AvgIpc) is 3.35. The van der Waals surface area contributed by atoms with E-state index in [2.05, 4.69) is 0 Å². The molecule has 0 spiro atoms. The van der Waals surface area contributed by atoms with Crippen molar-refractivity contribution in [3.8, 4) is 11.5 Å². The fourth-order valence-corrected chi connectivity index (χ4v) is 5.84. The molecule has 0 unspecified atom stereocenters. The Morgan fingerprint density at radius 3 is 2.29 bits per heavy atom. The van der Waals surface area contributed by atoms with Crippen LogP contribution in [0.2, 0.25) is 0 Å². The summed E-state index contributed by atoms with van der Waals surface area (Å²) in [6.45, 7) is 3.09. The summed E-state index contributed by atoms with van der Waals surface area (Å²) in [5.41, 5.74) is 1.08. The van der Waals surface area contributed by atoms with Crippen LogP contribution in [0, 0.1) is 0 Å². The molecule has 2 aliphatic rings. The molecule has 2 saturated heterocycles. The highest BCUT2D eigenvalue weighted by molar-refractivity contribution is 7.89. The molecule has 0 bridgehead atoms. The molecule has 166 valence electrons. The van der Waals surface area contributed by atoms with Gasteiger partial charge in [0.2, 0.25) is 10.0 Å². The Kier molecular flexibility index (Phi) is 6.06. The van der Waals surface area contributed by atoms with E-state index in [0.29, 0.717) is 44.8 Å². The number of aromatic hydroxyl groups is 1. The Morgan fingerprint density at radius 2 is 1.65 bits per heavy atom. The number of carbonyl (C=O) groups excluding carboxylic acids is 1. The van der Waals surface area contributed by atoms with Crippen molar-refractivity contribution in [1.29, 1.82) is 0 Å². The Balaban J connectivity index is 1.52. The molecular weight excluding hydrogens is 418 g/mol. The number of hydrogen-bond donors (Lipinski definition) is 1. The summed E-state index contributed by atoms with van der Waals surface area (Å²) in [5.74, 6) is 0.250. The van der Waals surface area contributed by atoms with E-state index < -0.39 is 10.0 Å². The van der Waals surface area contributed by atoms with E-state index >= 15 is 0 Å². The van der Waals surface area contributed by atoms with E-state index in [9.17, 15) is 18.3 Å². The van der Waals surface area contributed by atoms with Crippen molar-refractivity contribution in [2.75, 3.05) is 51.3 Å². The second-order valence-electron chi connectivity index (χ2n) is 7.74. The lowest BCUT2D eigenvalue weighted by Crippen LogP contribution is -2.48. The number of phenols is 1. The van der Waals surface area contributed by atoms with Crippen LogP contribution in [-0.4, -0.2) is 75.0 Å². The number of benzene rings is 2.